The highest BCUT2D eigenvalue weighted by Crippen LogP contribution is 2.23. The number of imide groups is 1. The van der Waals surface area contributed by atoms with E-state index >= 15 is 0 Å². The number of fused-ring (bicyclic) bond motifs is 2. The standard InChI is InChI=1S/C23H25N7O5/c1-13-24-20-14(22(34)30(13)16-9-10-18(31)26-21(16)33)6-5-7-15(20)25-19(32)12-29-23(35)28-11-4-2-3-8-17(28)27-29/h5-7,16H,2-4,8-12H2,1H3,(H,25,32)(H,26,31,33). The maximum atomic E-state index is 13.3. The van der Waals surface area contributed by atoms with Crippen LogP contribution in [0.25, 0.3) is 10.9 Å². The average Bonchev–Trinajstić information content (AvgIpc) is 2.96. The lowest BCUT2D eigenvalue weighted by molar-refractivity contribution is -0.135. The number of hydrogen-bond donors (Lipinski definition) is 2. The van der Waals surface area contributed by atoms with Crippen molar-refractivity contribution in [1.29, 1.82) is 0 Å². The summed E-state index contributed by atoms with van der Waals surface area (Å²) in [6.45, 7) is 1.93. The van der Waals surface area contributed by atoms with Crippen LogP contribution in [0.2, 0.25) is 0 Å². The minimum Gasteiger partial charge on any atom is -0.323 e. The monoisotopic (exact) mass is 479 g/mol. The number of carbonyl (C=O) groups excluding carboxylic acids is 3. The van der Waals surface area contributed by atoms with Crippen LogP contribution in [0.3, 0.4) is 0 Å². The molecule has 1 fully saturated rings. The number of amides is 3. The van der Waals surface area contributed by atoms with E-state index in [9.17, 15) is 24.0 Å². The number of hydrogen-bond acceptors (Lipinski definition) is 7. The highest BCUT2D eigenvalue weighted by atomic mass is 16.2. The van der Waals surface area contributed by atoms with Crippen molar-refractivity contribution >= 4 is 34.3 Å². The Morgan fingerprint density at radius 3 is 2.77 bits per heavy atom. The Morgan fingerprint density at radius 2 is 1.97 bits per heavy atom. The van der Waals surface area contributed by atoms with Crippen molar-refractivity contribution in [2.75, 3.05) is 5.32 Å². The van der Waals surface area contributed by atoms with Gasteiger partial charge in [0.25, 0.3) is 5.56 Å². The summed E-state index contributed by atoms with van der Waals surface area (Å²) in [5.74, 6) is -0.406. The number of rotatable bonds is 4. The zero-order valence-corrected chi connectivity index (χ0v) is 19.2. The maximum absolute atomic E-state index is 13.3. The molecule has 3 aromatic rings. The molecule has 4 heterocycles. The van der Waals surface area contributed by atoms with Gasteiger partial charge in [-0.15, -0.1) is 0 Å². The van der Waals surface area contributed by atoms with Crippen LogP contribution in [0.15, 0.2) is 27.8 Å². The normalized spacial score (nSPS) is 18.1. The molecule has 5 rings (SSSR count). The fourth-order valence-corrected chi connectivity index (χ4v) is 4.78. The largest absolute Gasteiger partial charge is 0.346 e. The molecule has 2 N–H and O–H groups in total. The summed E-state index contributed by atoms with van der Waals surface area (Å²) in [5, 5.41) is 9.56. The zero-order chi connectivity index (χ0) is 24.7. The van der Waals surface area contributed by atoms with Crippen molar-refractivity contribution in [2.24, 2.45) is 0 Å². The second-order valence-corrected chi connectivity index (χ2v) is 8.87. The number of aryl methyl sites for hydroxylation is 2. The summed E-state index contributed by atoms with van der Waals surface area (Å²) in [5.41, 5.74) is -0.153. The molecule has 0 saturated carbocycles. The van der Waals surface area contributed by atoms with Crippen molar-refractivity contribution in [3.05, 3.63) is 50.7 Å². The van der Waals surface area contributed by atoms with Crippen molar-refractivity contribution in [2.45, 2.75) is 64.6 Å². The second kappa shape index (κ2) is 8.93. The first kappa shape index (κ1) is 22.7. The number of para-hydroxylation sites is 1. The molecule has 1 aromatic carbocycles. The van der Waals surface area contributed by atoms with Crippen LogP contribution in [0, 0.1) is 6.92 Å². The number of piperidine rings is 1. The summed E-state index contributed by atoms with van der Waals surface area (Å²) in [6, 6.07) is 3.96. The van der Waals surface area contributed by atoms with Crippen LogP contribution in [0.4, 0.5) is 5.69 Å². The molecule has 1 saturated heterocycles. The van der Waals surface area contributed by atoms with Crippen molar-refractivity contribution < 1.29 is 14.4 Å². The fourth-order valence-electron chi connectivity index (χ4n) is 4.78. The Kier molecular flexibility index (Phi) is 5.79. The van der Waals surface area contributed by atoms with Gasteiger partial charge in [-0.1, -0.05) is 12.5 Å². The van der Waals surface area contributed by atoms with E-state index in [1.165, 1.54) is 4.57 Å². The lowest BCUT2D eigenvalue weighted by atomic mass is 10.1. The molecule has 0 aliphatic carbocycles. The SMILES string of the molecule is Cc1nc2c(NC(=O)Cn3nc4n(c3=O)CCCCC4)cccc2c(=O)n1C1CCC(=O)NC1=O. The third-order valence-electron chi connectivity index (χ3n) is 6.48. The zero-order valence-electron chi connectivity index (χ0n) is 19.2. The van der Waals surface area contributed by atoms with Crippen LogP contribution in [-0.4, -0.2) is 41.6 Å². The summed E-state index contributed by atoms with van der Waals surface area (Å²) in [6.07, 6.45) is 3.95. The molecule has 0 radical (unpaired) electrons. The molecule has 1 atom stereocenters. The van der Waals surface area contributed by atoms with Crippen molar-refractivity contribution in [3.8, 4) is 0 Å². The first-order chi connectivity index (χ1) is 16.8. The molecule has 182 valence electrons. The molecule has 35 heavy (non-hydrogen) atoms. The predicted octanol–water partition coefficient (Wildman–Crippen LogP) is 0.406. The molecule has 12 nitrogen and oxygen atoms in total. The number of nitrogens with zero attached hydrogens (tertiary/aromatic N) is 5. The molecular weight excluding hydrogens is 454 g/mol. The van der Waals surface area contributed by atoms with Gasteiger partial charge in [-0.2, -0.15) is 5.10 Å². The third kappa shape index (κ3) is 4.15. The van der Waals surface area contributed by atoms with Gasteiger partial charge < -0.3 is 5.32 Å². The molecule has 3 amide bonds. The minimum absolute atomic E-state index is 0.132. The molecular formula is C23H25N7O5. The van der Waals surface area contributed by atoms with Gasteiger partial charge >= 0.3 is 5.69 Å². The van der Waals surface area contributed by atoms with E-state index in [4.69, 9.17) is 0 Å². The van der Waals surface area contributed by atoms with E-state index in [1.54, 1.807) is 29.7 Å². The highest BCUT2D eigenvalue weighted by Gasteiger charge is 2.30. The quantitative estimate of drug-likeness (QED) is 0.515. The molecule has 2 aliphatic rings. The summed E-state index contributed by atoms with van der Waals surface area (Å²) in [7, 11) is 0. The lowest BCUT2D eigenvalue weighted by Gasteiger charge is -2.24. The van der Waals surface area contributed by atoms with Crippen LogP contribution >= 0.6 is 0 Å². The number of aromatic nitrogens is 5. The Labute approximate surface area is 198 Å². The van der Waals surface area contributed by atoms with Gasteiger partial charge in [0.1, 0.15) is 29.8 Å². The van der Waals surface area contributed by atoms with Crippen molar-refractivity contribution in [3.63, 3.8) is 0 Å². The van der Waals surface area contributed by atoms with Gasteiger partial charge in [0.15, 0.2) is 0 Å². The van der Waals surface area contributed by atoms with Crippen LogP contribution in [-0.2, 0) is 33.9 Å². The maximum Gasteiger partial charge on any atom is 0.346 e. The van der Waals surface area contributed by atoms with E-state index in [2.05, 4.69) is 20.7 Å². The Hall–Kier alpha value is -4.09. The number of carbonyl (C=O) groups is 3. The molecule has 1 unspecified atom stereocenters. The topological polar surface area (TPSA) is 150 Å². The van der Waals surface area contributed by atoms with Gasteiger partial charge in [-0.3, -0.25) is 33.6 Å². The third-order valence-corrected chi connectivity index (χ3v) is 6.48. The average molecular weight is 479 g/mol. The molecule has 2 aromatic heterocycles. The van der Waals surface area contributed by atoms with Crippen LogP contribution < -0.4 is 21.9 Å². The van der Waals surface area contributed by atoms with Crippen molar-refractivity contribution in [1.82, 2.24) is 29.2 Å². The molecule has 0 bridgehead atoms. The minimum atomic E-state index is -0.835. The van der Waals surface area contributed by atoms with Crippen LogP contribution in [0.5, 0.6) is 0 Å². The van der Waals surface area contributed by atoms with Gasteiger partial charge in [0.2, 0.25) is 17.7 Å². The summed E-state index contributed by atoms with van der Waals surface area (Å²) >= 11 is 0. The van der Waals surface area contributed by atoms with E-state index in [1.807, 2.05) is 0 Å². The fraction of sp³-hybridized carbons (Fsp3) is 0.435. The number of benzene rings is 1. The smallest absolute Gasteiger partial charge is 0.323 e. The second-order valence-electron chi connectivity index (χ2n) is 8.87. The Balaban J connectivity index is 1.43. The summed E-state index contributed by atoms with van der Waals surface area (Å²) < 4.78 is 4.07. The van der Waals surface area contributed by atoms with Gasteiger partial charge in [0, 0.05) is 19.4 Å². The Morgan fingerprint density at radius 1 is 1.14 bits per heavy atom. The van der Waals surface area contributed by atoms with E-state index < -0.39 is 23.4 Å². The van der Waals surface area contributed by atoms with Gasteiger partial charge in [0.05, 0.1) is 11.1 Å². The van der Waals surface area contributed by atoms with Gasteiger partial charge in [-0.25, -0.2) is 14.5 Å². The lowest BCUT2D eigenvalue weighted by Crippen LogP contribution is -2.45. The van der Waals surface area contributed by atoms with E-state index in [0.29, 0.717) is 24.5 Å². The Bertz CT molecular complexity index is 1480. The van der Waals surface area contributed by atoms with Gasteiger partial charge in [-0.05, 0) is 38.3 Å². The highest BCUT2D eigenvalue weighted by molar-refractivity contribution is 6.01. The number of anilines is 1. The first-order valence-corrected chi connectivity index (χ1v) is 11.7. The molecule has 0 spiro atoms. The first-order valence-electron chi connectivity index (χ1n) is 11.7. The molecule has 12 heteroatoms. The molecule has 2 aliphatic heterocycles. The van der Waals surface area contributed by atoms with E-state index in [0.717, 1.165) is 23.9 Å². The van der Waals surface area contributed by atoms with Crippen LogP contribution in [0.1, 0.15) is 49.8 Å². The number of nitrogens with one attached hydrogen (secondary N) is 2. The summed E-state index contributed by atoms with van der Waals surface area (Å²) in [4.78, 5) is 67.1. The van der Waals surface area contributed by atoms with E-state index in [-0.39, 0.29) is 47.7 Å². The predicted molar refractivity (Wildman–Crippen MR) is 125 cm³/mol.